The van der Waals surface area contributed by atoms with Gasteiger partial charge in [-0.15, -0.1) is 0 Å². The number of aromatic hydroxyl groups is 1. The standard InChI is InChI=1S/C27H45N3O5/c1-17(2)14-15-18(3)30(24(33)19(4)28-25(34)35-27(8,9)10)22(23(32)29-26(5,6)7)20-12-11-13-21(31)16-20/h11-13,16-19,22,31H,14-15H2,1-10H3,(H,28,34)(H,29,32). The second-order valence-electron chi connectivity index (χ2n) is 11.7. The molecule has 1 aromatic carbocycles. The molecule has 3 atom stereocenters. The van der Waals surface area contributed by atoms with Gasteiger partial charge in [0.25, 0.3) is 0 Å². The van der Waals surface area contributed by atoms with Crippen molar-refractivity contribution in [2.24, 2.45) is 5.92 Å². The van der Waals surface area contributed by atoms with E-state index in [2.05, 4.69) is 24.5 Å². The fourth-order valence-electron chi connectivity index (χ4n) is 3.65. The van der Waals surface area contributed by atoms with Crippen molar-refractivity contribution in [2.75, 3.05) is 0 Å². The summed E-state index contributed by atoms with van der Waals surface area (Å²) in [5.74, 6) is -0.366. The summed E-state index contributed by atoms with van der Waals surface area (Å²) in [6.07, 6.45) is 0.814. The maximum Gasteiger partial charge on any atom is 0.408 e. The second kappa shape index (κ2) is 12.3. The summed E-state index contributed by atoms with van der Waals surface area (Å²) in [5.41, 5.74) is -0.767. The van der Waals surface area contributed by atoms with E-state index in [1.54, 1.807) is 39.8 Å². The third-order valence-electron chi connectivity index (χ3n) is 5.21. The van der Waals surface area contributed by atoms with Gasteiger partial charge in [-0.25, -0.2) is 4.79 Å². The third kappa shape index (κ3) is 10.6. The molecule has 8 nitrogen and oxygen atoms in total. The molecule has 198 valence electrons. The van der Waals surface area contributed by atoms with E-state index in [1.165, 1.54) is 17.0 Å². The van der Waals surface area contributed by atoms with Crippen LogP contribution in [-0.4, -0.2) is 51.1 Å². The number of phenols is 1. The predicted octanol–water partition coefficient (Wildman–Crippen LogP) is 4.91. The van der Waals surface area contributed by atoms with E-state index in [9.17, 15) is 19.5 Å². The first-order valence-corrected chi connectivity index (χ1v) is 12.3. The van der Waals surface area contributed by atoms with Crippen molar-refractivity contribution in [1.82, 2.24) is 15.5 Å². The normalized spacial score (nSPS) is 14.6. The Morgan fingerprint density at radius 3 is 2.09 bits per heavy atom. The molecule has 0 radical (unpaired) electrons. The smallest absolute Gasteiger partial charge is 0.408 e. The van der Waals surface area contributed by atoms with Crippen molar-refractivity contribution >= 4 is 17.9 Å². The van der Waals surface area contributed by atoms with Gasteiger partial charge in [0, 0.05) is 11.6 Å². The minimum atomic E-state index is -1.00. The zero-order valence-corrected chi connectivity index (χ0v) is 23.1. The van der Waals surface area contributed by atoms with Gasteiger partial charge in [0.2, 0.25) is 11.8 Å². The second-order valence-corrected chi connectivity index (χ2v) is 11.7. The Morgan fingerprint density at radius 1 is 1.00 bits per heavy atom. The summed E-state index contributed by atoms with van der Waals surface area (Å²) in [7, 11) is 0. The number of carbonyl (C=O) groups excluding carboxylic acids is 3. The van der Waals surface area contributed by atoms with E-state index < -0.39 is 35.2 Å². The van der Waals surface area contributed by atoms with Gasteiger partial charge in [-0.05, 0) is 91.8 Å². The molecule has 3 unspecified atom stereocenters. The Bertz CT molecular complexity index is 870. The number of phenolic OH excluding ortho intramolecular Hbond substituents is 1. The first-order valence-electron chi connectivity index (χ1n) is 12.3. The monoisotopic (exact) mass is 491 g/mol. The van der Waals surface area contributed by atoms with Crippen molar-refractivity contribution in [3.05, 3.63) is 29.8 Å². The molecule has 0 saturated carbocycles. The minimum absolute atomic E-state index is 0.00165. The van der Waals surface area contributed by atoms with Gasteiger partial charge < -0.3 is 25.4 Å². The summed E-state index contributed by atoms with van der Waals surface area (Å²) in [4.78, 5) is 41.3. The lowest BCUT2D eigenvalue weighted by atomic mass is 9.96. The number of amides is 3. The number of hydrogen-bond donors (Lipinski definition) is 3. The van der Waals surface area contributed by atoms with E-state index in [1.807, 2.05) is 27.7 Å². The Morgan fingerprint density at radius 2 is 1.60 bits per heavy atom. The van der Waals surface area contributed by atoms with Crippen LogP contribution < -0.4 is 10.6 Å². The van der Waals surface area contributed by atoms with E-state index in [0.29, 0.717) is 17.9 Å². The van der Waals surface area contributed by atoms with E-state index in [0.717, 1.165) is 6.42 Å². The minimum Gasteiger partial charge on any atom is -0.508 e. The highest BCUT2D eigenvalue weighted by Crippen LogP contribution is 2.29. The molecular weight excluding hydrogens is 446 g/mol. The fourth-order valence-corrected chi connectivity index (χ4v) is 3.65. The highest BCUT2D eigenvalue weighted by molar-refractivity contribution is 5.92. The zero-order chi connectivity index (χ0) is 27.1. The first kappa shape index (κ1) is 30.3. The number of carbonyl (C=O) groups is 3. The van der Waals surface area contributed by atoms with Gasteiger partial charge >= 0.3 is 6.09 Å². The molecule has 0 aromatic heterocycles. The van der Waals surface area contributed by atoms with Gasteiger partial charge in [-0.1, -0.05) is 26.0 Å². The lowest BCUT2D eigenvalue weighted by Crippen LogP contribution is -2.56. The van der Waals surface area contributed by atoms with Gasteiger partial charge in [0.1, 0.15) is 23.4 Å². The molecule has 3 amide bonds. The topological polar surface area (TPSA) is 108 Å². The molecule has 8 heteroatoms. The van der Waals surface area contributed by atoms with Crippen molar-refractivity contribution < 1.29 is 24.2 Å². The van der Waals surface area contributed by atoms with Crippen LogP contribution in [0.1, 0.15) is 93.7 Å². The number of hydrogen-bond acceptors (Lipinski definition) is 5. The van der Waals surface area contributed by atoms with Crippen molar-refractivity contribution in [3.8, 4) is 5.75 Å². The average Bonchev–Trinajstić information content (AvgIpc) is 2.66. The lowest BCUT2D eigenvalue weighted by Gasteiger charge is -2.39. The molecule has 0 heterocycles. The van der Waals surface area contributed by atoms with Crippen LogP contribution in [0.2, 0.25) is 0 Å². The first-order chi connectivity index (χ1) is 15.9. The highest BCUT2D eigenvalue weighted by Gasteiger charge is 2.38. The molecule has 0 fully saturated rings. The zero-order valence-electron chi connectivity index (χ0n) is 23.1. The van der Waals surface area contributed by atoms with Crippen LogP contribution in [0, 0.1) is 5.92 Å². The van der Waals surface area contributed by atoms with Crippen LogP contribution in [0.4, 0.5) is 4.79 Å². The van der Waals surface area contributed by atoms with Crippen LogP contribution in [-0.2, 0) is 14.3 Å². The SMILES string of the molecule is CC(C)CCC(C)N(C(=O)C(C)NC(=O)OC(C)(C)C)C(C(=O)NC(C)(C)C)c1cccc(O)c1. The Balaban J connectivity index is 3.47. The molecular formula is C27H45N3O5. The fraction of sp³-hybridized carbons (Fsp3) is 0.667. The van der Waals surface area contributed by atoms with Crippen molar-refractivity contribution in [3.63, 3.8) is 0 Å². The summed E-state index contributed by atoms with van der Waals surface area (Å²) in [5, 5.41) is 15.7. The van der Waals surface area contributed by atoms with Crippen LogP contribution >= 0.6 is 0 Å². The molecule has 1 rings (SSSR count). The van der Waals surface area contributed by atoms with Crippen molar-refractivity contribution in [1.29, 1.82) is 0 Å². The molecule has 3 N–H and O–H groups in total. The van der Waals surface area contributed by atoms with Crippen LogP contribution in [0.15, 0.2) is 24.3 Å². The van der Waals surface area contributed by atoms with Crippen LogP contribution in [0.25, 0.3) is 0 Å². The quantitative estimate of drug-likeness (QED) is 0.455. The largest absolute Gasteiger partial charge is 0.508 e. The van der Waals surface area contributed by atoms with Crippen LogP contribution in [0.3, 0.4) is 0 Å². The summed E-state index contributed by atoms with van der Waals surface area (Å²) < 4.78 is 5.32. The maximum absolute atomic E-state index is 13.8. The van der Waals surface area contributed by atoms with E-state index in [4.69, 9.17) is 4.74 Å². The molecule has 0 aliphatic carbocycles. The molecule has 0 aliphatic heterocycles. The molecule has 0 saturated heterocycles. The molecule has 0 spiro atoms. The van der Waals surface area contributed by atoms with Gasteiger partial charge in [0.05, 0.1) is 0 Å². The number of ether oxygens (including phenoxy) is 1. The third-order valence-corrected chi connectivity index (χ3v) is 5.21. The number of alkyl carbamates (subject to hydrolysis) is 1. The van der Waals surface area contributed by atoms with Gasteiger partial charge in [0.15, 0.2) is 0 Å². The highest BCUT2D eigenvalue weighted by atomic mass is 16.6. The van der Waals surface area contributed by atoms with E-state index in [-0.39, 0.29) is 17.7 Å². The molecule has 0 aliphatic rings. The van der Waals surface area contributed by atoms with E-state index >= 15 is 0 Å². The molecule has 1 aromatic rings. The van der Waals surface area contributed by atoms with Crippen LogP contribution in [0.5, 0.6) is 5.75 Å². The van der Waals surface area contributed by atoms with Gasteiger partial charge in [-0.3, -0.25) is 9.59 Å². The number of nitrogens with zero attached hydrogens (tertiary/aromatic N) is 1. The average molecular weight is 492 g/mol. The number of rotatable bonds is 9. The Labute approximate surface area is 210 Å². The Kier molecular flexibility index (Phi) is 10.6. The number of nitrogens with one attached hydrogen (secondary N) is 2. The molecule has 35 heavy (non-hydrogen) atoms. The maximum atomic E-state index is 13.8. The summed E-state index contributed by atoms with van der Waals surface area (Å²) >= 11 is 0. The summed E-state index contributed by atoms with van der Waals surface area (Å²) in [6.45, 7) is 18.5. The molecule has 0 bridgehead atoms. The summed E-state index contributed by atoms with van der Waals surface area (Å²) in [6, 6.07) is 4.12. The lowest BCUT2D eigenvalue weighted by molar-refractivity contribution is -0.145. The Hall–Kier alpha value is -2.77. The number of benzene rings is 1. The van der Waals surface area contributed by atoms with Crippen molar-refractivity contribution in [2.45, 2.75) is 111 Å². The predicted molar refractivity (Wildman–Crippen MR) is 138 cm³/mol. The van der Waals surface area contributed by atoms with Gasteiger partial charge in [-0.2, -0.15) is 0 Å².